The first-order chi connectivity index (χ1) is 6.19. The van der Waals surface area contributed by atoms with E-state index in [-0.39, 0.29) is 0 Å². The lowest BCUT2D eigenvalue weighted by Gasteiger charge is -2.26. The van der Waals surface area contributed by atoms with Gasteiger partial charge in [0.15, 0.2) is 0 Å². The third kappa shape index (κ3) is 3.30. The van der Waals surface area contributed by atoms with Crippen molar-refractivity contribution in [3.8, 4) is 0 Å². The van der Waals surface area contributed by atoms with Crippen LogP contribution < -0.4 is 5.32 Å². The molecule has 1 fully saturated rings. The minimum Gasteiger partial charge on any atom is -0.311 e. The molecule has 1 rings (SSSR count). The Bertz CT molecular complexity index is 136. The highest BCUT2D eigenvalue weighted by molar-refractivity contribution is 4.85. The van der Waals surface area contributed by atoms with Crippen LogP contribution in [-0.2, 0) is 0 Å². The highest BCUT2D eigenvalue weighted by Crippen LogP contribution is 2.32. The van der Waals surface area contributed by atoms with E-state index in [1.54, 1.807) is 0 Å². The van der Waals surface area contributed by atoms with E-state index in [2.05, 4.69) is 33.0 Å². The molecule has 1 nitrogen and oxygen atoms in total. The standard InChI is InChI=1S/C12H25N/c1-5-11(6-2)9(3)13-10(4)12-7-8-12/h9-13H,5-8H2,1-4H3. The van der Waals surface area contributed by atoms with Crippen LogP contribution >= 0.6 is 0 Å². The van der Waals surface area contributed by atoms with Crippen molar-refractivity contribution in [2.75, 3.05) is 0 Å². The summed E-state index contributed by atoms with van der Waals surface area (Å²) < 4.78 is 0. The van der Waals surface area contributed by atoms with Crippen LogP contribution in [0, 0.1) is 11.8 Å². The Kier molecular flexibility index (Phi) is 4.24. The number of hydrogen-bond donors (Lipinski definition) is 1. The quantitative estimate of drug-likeness (QED) is 0.667. The molecule has 0 radical (unpaired) electrons. The molecule has 1 heteroatoms. The van der Waals surface area contributed by atoms with Crippen molar-refractivity contribution >= 4 is 0 Å². The molecule has 1 aliphatic rings. The van der Waals surface area contributed by atoms with E-state index in [4.69, 9.17) is 0 Å². The van der Waals surface area contributed by atoms with Crippen molar-refractivity contribution in [3.63, 3.8) is 0 Å². The lowest BCUT2D eigenvalue weighted by atomic mass is 9.94. The third-order valence-electron chi connectivity index (χ3n) is 3.61. The Hall–Kier alpha value is -0.0400. The maximum atomic E-state index is 3.74. The van der Waals surface area contributed by atoms with Gasteiger partial charge in [0.2, 0.25) is 0 Å². The lowest BCUT2D eigenvalue weighted by molar-refractivity contribution is 0.315. The second kappa shape index (κ2) is 4.99. The van der Waals surface area contributed by atoms with Gasteiger partial charge in [-0.05, 0) is 38.5 Å². The Morgan fingerprint density at radius 2 is 1.69 bits per heavy atom. The zero-order chi connectivity index (χ0) is 9.84. The van der Waals surface area contributed by atoms with E-state index >= 15 is 0 Å². The first kappa shape index (κ1) is 11.0. The summed E-state index contributed by atoms with van der Waals surface area (Å²) in [6.45, 7) is 9.29. The van der Waals surface area contributed by atoms with Gasteiger partial charge in [0.05, 0.1) is 0 Å². The highest BCUT2D eigenvalue weighted by Gasteiger charge is 2.29. The molecule has 0 heterocycles. The Morgan fingerprint density at radius 3 is 2.08 bits per heavy atom. The molecule has 1 saturated carbocycles. The molecular weight excluding hydrogens is 158 g/mol. The predicted octanol–water partition coefficient (Wildman–Crippen LogP) is 3.20. The zero-order valence-electron chi connectivity index (χ0n) is 9.64. The van der Waals surface area contributed by atoms with Gasteiger partial charge in [-0.3, -0.25) is 0 Å². The Balaban J connectivity index is 2.24. The minimum atomic E-state index is 0.700. The van der Waals surface area contributed by atoms with Crippen molar-refractivity contribution in [1.29, 1.82) is 0 Å². The van der Waals surface area contributed by atoms with Gasteiger partial charge >= 0.3 is 0 Å². The molecule has 1 N–H and O–H groups in total. The second-order valence-corrected chi connectivity index (χ2v) is 4.66. The molecule has 1 aliphatic carbocycles. The summed E-state index contributed by atoms with van der Waals surface area (Å²) >= 11 is 0. The van der Waals surface area contributed by atoms with Gasteiger partial charge in [-0.2, -0.15) is 0 Å². The number of hydrogen-bond acceptors (Lipinski definition) is 1. The van der Waals surface area contributed by atoms with Crippen LogP contribution in [0.5, 0.6) is 0 Å². The molecule has 13 heavy (non-hydrogen) atoms. The largest absolute Gasteiger partial charge is 0.311 e. The molecule has 2 atom stereocenters. The highest BCUT2D eigenvalue weighted by atomic mass is 15.0. The summed E-state index contributed by atoms with van der Waals surface area (Å²) in [4.78, 5) is 0. The predicted molar refractivity (Wildman–Crippen MR) is 58.9 cm³/mol. The summed E-state index contributed by atoms with van der Waals surface area (Å²) in [7, 11) is 0. The van der Waals surface area contributed by atoms with Gasteiger partial charge in [-0.15, -0.1) is 0 Å². The summed E-state index contributed by atoms with van der Waals surface area (Å²) in [5.74, 6) is 1.85. The normalized spacial score (nSPS) is 21.9. The lowest BCUT2D eigenvalue weighted by Crippen LogP contribution is -2.40. The Morgan fingerprint density at radius 1 is 1.15 bits per heavy atom. The summed E-state index contributed by atoms with van der Waals surface area (Å²) in [6, 6.07) is 1.45. The second-order valence-electron chi connectivity index (χ2n) is 4.66. The average molecular weight is 183 g/mol. The van der Waals surface area contributed by atoms with Crippen LogP contribution in [0.2, 0.25) is 0 Å². The van der Waals surface area contributed by atoms with Crippen molar-refractivity contribution in [2.24, 2.45) is 11.8 Å². The zero-order valence-corrected chi connectivity index (χ0v) is 9.64. The van der Waals surface area contributed by atoms with Crippen LogP contribution in [0.1, 0.15) is 53.4 Å². The van der Waals surface area contributed by atoms with Gasteiger partial charge < -0.3 is 5.32 Å². The van der Waals surface area contributed by atoms with Gasteiger partial charge in [-0.1, -0.05) is 26.7 Å². The van der Waals surface area contributed by atoms with Crippen LogP contribution in [0.3, 0.4) is 0 Å². The molecular formula is C12H25N. The molecule has 0 bridgehead atoms. The monoisotopic (exact) mass is 183 g/mol. The van der Waals surface area contributed by atoms with Crippen molar-refractivity contribution in [3.05, 3.63) is 0 Å². The SMILES string of the molecule is CCC(CC)C(C)NC(C)C1CC1. The third-order valence-corrected chi connectivity index (χ3v) is 3.61. The number of rotatable bonds is 6. The molecule has 78 valence electrons. The molecule has 0 aromatic carbocycles. The molecule has 0 saturated heterocycles. The first-order valence-electron chi connectivity index (χ1n) is 5.95. The molecule has 0 aromatic heterocycles. The summed E-state index contributed by atoms with van der Waals surface area (Å²) in [5, 5.41) is 3.74. The average Bonchev–Trinajstić information content (AvgIpc) is 2.88. The molecule has 2 unspecified atom stereocenters. The van der Waals surface area contributed by atoms with Gasteiger partial charge in [0.1, 0.15) is 0 Å². The fraction of sp³-hybridized carbons (Fsp3) is 1.00. The molecule has 0 aliphatic heterocycles. The molecule has 0 amide bonds. The maximum Gasteiger partial charge on any atom is 0.00695 e. The minimum absolute atomic E-state index is 0.700. The first-order valence-corrected chi connectivity index (χ1v) is 5.95. The summed E-state index contributed by atoms with van der Waals surface area (Å²) in [6.07, 6.45) is 5.51. The van der Waals surface area contributed by atoms with Gasteiger partial charge in [0, 0.05) is 12.1 Å². The van der Waals surface area contributed by atoms with Crippen molar-refractivity contribution < 1.29 is 0 Å². The van der Waals surface area contributed by atoms with Crippen LogP contribution in [0.4, 0.5) is 0 Å². The fourth-order valence-corrected chi connectivity index (χ4v) is 2.28. The topological polar surface area (TPSA) is 12.0 Å². The maximum absolute atomic E-state index is 3.74. The number of nitrogens with one attached hydrogen (secondary N) is 1. The van der Waals surface area contributed by atoms with Gasteiger partial charge in [0.25, 0.3) is 0 Å². The van der Waals surface area contributed by atoms with Crippen LogP contribution in [0.15, 0.2) is 0 Å². The van der Waals surface area contributed by atoms with Crippen molar-refractivity contribution in [1.82, 2.24) is 5.32 Å². The van der Waals surface area contributed by atoms with Crippen LogP contribution in [0.25, 0.3) is 0 Å². The van der Waals surface area contributed by atoms with E-state index in [9.17, 15) is 0 Å². The molecule has 0 aromatic rings. The van der Waals surface area contributed by atoms with Crippen molar-refractivity contribution in [2.45, 2.75) is 65.5 Å². The van der Waals surface area contributed by atoms with E-state index in [0.29, 0.717) is 6.04 Å². The van der Waals surface area contributed by atoms with Gasteiger partial charge in [-0.25, -0.2) is 0 Å². The van der Waals surface area contributed by atoms with E-state index in [0.717, 1.165) is 17.9 Å². The van der Waals surface area contributed by atoms with E-state index in [1.807, 2.05) is 0 Å². The fourth-order valence-electron chi connectivity index (χ4n) is 2.28. The van der Waals surface area contributed by atoms with Crippen LogP contribution in [-0.4, -0.2) is 12.1 Å². The molecule has 0 spiro atoms. The summed E-state index contributed by atoms with van der Waals surface area (Å²) in [5.41, 5.74) is 0. The van der Waals surface area contributed by atoms with E-state index < -0.39 is 0 Å². The Labute approximate surface area is 83.3 Å². The van der Waals surface area contributed by atoms with E-state index in [1.165, 1.54) is 25.7 Å². The smallest absolute Gasteiger partial charge is 0.00695 e.